The quantitative estimate of drug-likeness (QED) is 0.144. The van der Waals surface area contributed by atoms with Gasteiger partial charge in [0.15, 0.2) is 5.92 Å². The zero-order chi connectivity index (χ0) is 28.4. The summed E-state index contributed by atoms with van der Waals surface area (Å²) in [5, 5.41) is 21.2. The molecule has 1 amide bonds. The number of aryl methyl sites for hydroxylation is 3. The number of carbonyl (C=O) groups is 4. The summed E-state index contributed by atoms with van der Waals surface area (Å²) in [5.41, 5.74) is -0.397. The third-order valence-electron chi connectivity index (χ3n) is 5.37. The zero-order valence-corrected chi connectivity index (χ0v) is 23.2. The molecule has 0 radical (unpaired) electrons. The van der Waals surface area contributed by atoms with Crippen molar-refractivity contribution in [3.63, 3.8) is 0 Å². The van der Waals surface area contributed by atoms with Crippen LogP contribution in [0, 0.1) is 12.8 Å². The Hall–Kier alpha value is -3.11. The first-order valence-corrected chi connectivity index (χ1v) is 12.7. The fraction of sp³-hybridized carbons (Fsp3) is 0.731. The summed E-state index contributed by atoms with van der Waals surface area (Å²) in [7, 11) is 0. The minimum atomic E-state index is -1.17. The summed E-state index contributed by atoms with van der Waals surface area (Å²) in [6.45, 7) is 13.6. The third-order valence-corrected chi connectivity index (χ3v) is 5.37. The van der Waals surface area contributed by atoms with Crippen molar-refractivity contribution in [2.75, 3.05) is 0 Å². The van der Waals surface area contributed by atoms with Crippen LogP contribution in [0.5, 0.6) is 0 Å². The van der Waals surface area contributed by atoms with E-state index in [1.165, 1.54) is 0 Å². The number of nitrogens with zero attached hydrogens (tertiary/aromatic N) is 2. The van der Waals surface area contributed by atoms with Crippen LogP contribution in [-0.4, -0.2) is 56.0 Å². The lowest BCUT2D eigenvalue weighted by Gasteiger charge is -2.22. The fourth-order valence-electron chi connectivity index (χ4n) is 3.67. The molecule has 1 aromatic heterocycles. The Morgan fingerprint density at radius 1 is 0.919 bits per heavy atom. The molecule has 210 valence electrons. The van der Waals surface area contributed by atoms with E-state index in [1.54, 1.807) is 41.5 Å². The molecule has 0 aliphatic rings. The maximum Gasteiger partial charge on any atom is 0.408 e. The molecule has 0 saturated carbocycles. The lowest BCUT2D eigenvalue weighted by Crippen LogP contribution is -2.43. The van der Waals surface area contributed by atoms with Gasteiger partial charge in [-0.05, 0) is 80.1 Å². The average molecular weight is 527 g/mol. The van der Waals surface area contributed by atoms with Crippen LogP contribution < -0.4 is 9.88 Å². The number of carbonyl (C=O) groups excluding carboxylic acids is 2. The summed E-state index contributed by atoms with van der Waals surface area (Å²) in [6.07, 6.45) is 6.31. The predicted octanol–water partition coefficient (Wildman–Crippen LogP) is 3.45. The number of aromatic nitrogens is 2. The molecule has 3 N–H and O–H groups in total. The van der Waals surface area contributed by atoms with E-state index in [4.69, 9.17) is 9.47 Å². The van der Waals surface area contributed by atoms with E-state index in [0.29, 0.717) is 32.4 Å². The van der Waals surface area contributed by atoms with E-state index in [2.05, 4.69) is 9.88 Å². The van der Waals surface area contributed by atoms with Crippen LogP contribution in [0.15, 0.2) is 12.5 Å². The van der Waals surface area contributed by atoms with Crippen LogP contribution in [0.4, 0.5) is 4.79 Å². The van der Waals surface area contributed by atoms with Gasteiger partial charge in [-0.1, -0.05) is 0 Å². The number of nitrogens with one attached hydrogen (secondary N) is 1. The predicted molar refractivity (Wildman–Crippen MR) is 135 cm³/mol. The van der Waals surface area contributed by atoms with Gasteiger partial charge in [0.1, 0.15) is 29.1 Å². The van der Waals surface area contributed by atoms with E-state index in [9.17, 15) is 29.4 Å². The standard InChI is InChI=1S/C26H43N3O8/c1-18-16-28(14-10-9-13-20(22(32)33)27-24(35)37-26(5,6)7)17-29(18)15-11-8-12-19(21(30)31)23(34)36-25(2,3)4/h16-17,19-20H,8-15H2,1-7H3,(H2-,27,30,31,32,33,35)/p+1. The van der Waals surface area contributed by atoms with E-state index in [0.717, 1.165) is 12.1 Å². The smallest absolute Gasteiger partial charge is 0.408 e. The summed E-state index contributed by atoms with van der Waals surface area (Å²) in [4.78, 5) is 47.0. The maximum absolute atomic E-state index is 12.2. The van der Waals surface area contributed by atoms with E-state index < -0.39 is 47.2 Å². The lowest BCUT2D eigenvalue weighted by atomic mass is 10.0. The molecule has 0 aliphatic carbocycles. The number of carboxylic acid groups (broad SMARTS) is 2. The van der Waals surface area contributed by atoms with Gasteiger partial charge in [0.2, 0.25) is 6.33 Å². The topological polar surface area (TPSA) is 148 Å². The number of carboxylic acids is 2. The van der Waals surface area contributed by atoms with Crippen LogP contribution in [-0.2, 0) is 36.9 Å². The molecule has 1 heterocycles. The molecule has 11 nitrogen and oxygen atoms in total. The fourth-order valence-corrected chi connectivity index (χ4v) is 3.67. The molecule has 1 rings (SSSR count). The van der Waals surface area contributed by atoms with Gasteiger partial charge in [-0.25, -0.2) is 18.7 Å². The van der Waals surface area contributed by atoms with Crippen molar-refractivity contribution in [1.82, 2.24) is 9.88 Å². The number of imidazole rings is 1. The number of esters is 1. The average Bonchev–Trinajstić information content (AvgIpc) is 3.06. The molecule has 0 aliphatic heterocycles. The Morgan fingerprint density at radius 2 is 1.51 bits per heavy atom. The van der Waals surface area contributed by atoms with Gasteiger partial charge in [-0.2, -0.15) is 0 Å². The van der Waals surface area contributed by atoms with Gasteiger partial charge < -0.3 is 25.0 Å². The SMILES string of the molecule is Cc1c[n+](CCCCC(NC(=O)OC(C)(C)C)C(=O)O)cn1CCCCC(C(=O)O)C(=O)OC(C)(C)C. The minimum Gasteiger partial charge on any atom is -0.481 e. The van der Waals surface area contributed by atoms with Crippen molar-refractivity contribution >= 4 is 24.0 Å². The highest BCUT2D eigenvalue weighted by Gasteiger charge is 2.30. The monoisotopic (exact) mass is 526 g/mol. The van der Waals surface area contributed by atoms with Gasteiger partial charge in [0.05, 0.1) is 13.1 Å². The van der Waals surface area contributed by atoms with Crippen LogP contribution in [0.25, 0.3) is 0 Å². The summed E-state index contributed by atoms with van der Waals surface area (Å²) < 4.78 is 14.4. The Morgan fingerprint density at radius 3 is 2.05 bits per heavy atom. The molecule has 1 aromatic rings. The van der Waals surface area contributed by atoms with Crippen LogP contribution in [0.3, 0.4) is 0 Å². The number of unbranched alkanes of at least 4 members (excludes halogenated alkanes) is 2. The molecule has 0 aromatic carbocycles. The Balaban J connectivity index is 2.48. The molecule has 37 heavy (non-hydrogen) atoms. The number of ether oxygens (including phenoxy) is 2. The van der Waals surface area contributed by atoms with Gasteiger partial charge >= 0.3 is 24.0 Å². The summed E-state index contributed by atoms with van der Waals surface area (Å²) in [6, 6.07) is -1.01. The van der Waals surface area contributed by atoms with Crippen molar-refractivity contribution < 1.29 is 43.4 Å². The van der Waals surface area contributed by atoms with Crippen molar-refractivity contribution in [3.05, 3.63) is 18.2 Å². The van der Waals surface area contributed by atoms with Crippen molar-refractivity contribution in [2.24, 2.45) is 5.92 Å². The minimum absolute atomic E-state index is 0.215. The summed E-state index contributed by atoms with van der Waals surface area (Å²) in [5.74, 6) is -4.15. The van der Waals surface area contributed by atoms with Gasteiger partial charge in [-0.15, -0.1) is 0 Å². The second kappa shape index (κ2) is 14.0. The molecule has 0 saturated heterocycles. The Kier molecular flexibility index (Phi) is 12.1. The van der Waals surface area contributed by atoms with Crippen LogP contribution in [0.1, 0.15) is 85.8 Å². The van der Waals surface area contributed by atoms with Crippen molar-refractivity contribution in [3.8, 4) is 0 Å². The van der Waals surface area contributed by atoms with E-state index >= 15 is 0 Å². The van der Waals surface area contributed by atoms with Crippen LogP contribution in [0.2, 0.25) is 0 Å². The maximum atomic E-state index is 12.2. The highest BCUT2D eigenvalue weighted by Crippen LogP contribution is 2.17. The highest BCUT2D eigenvalue weighted by molar-refractivity contribution is 5.94. The van der Waals surface area contributed by atoms with Crippen molar-refractivity contribution in [2.45, 2.75) is 117 Å². The Bertz CT molecular complexity index is 927. The van der Waals surface area contributed by atoms with Crippen LogP contribution >= 0.6 is 0 Å². The first-order valence-electron chi connectivity index (χ1n) is 12.7. The first kappa shape index (κ1) is 31.9. The van der Waals surface area contributed by atoms with Gasteiger partial charge in [0, 0.05) is 6.92 Å². The molecular formula is C26H44N3O8+. The Labute approximate surface area is 219 Å². The zero-order valence-electron chi connectivity index (χ0n) is 23.2. The molecule has 0 bridgehead atoms. The number of hydrogen-bond acceptors (Lipinski definition) is 6. The van der Waals surface area contributed by atoms with Gasteiger partial charge in [0.25, 0.3) is 0 Å². The highest BCUT2D eigenvalue weighted by atomic mass is 16.6. The molecule has 2 atom stereocenters. The third kappa shape index (κ3) is 13.1. The second-order valence-electron chi connectivity index (χ2n) is 11.3. The lowest BCUT2D eigenvalue weighted by molar-refractivity contribution is -0.697. The molecule has 2 unspecified atom stereocenters. The molecule has 0 spiro atoms. The first-order chi connectivity index (χ1) is 17.0. The van der Waals surface area contributed by atoms with Gasteiger partial charge in [-0.3, -0.25) is 9.59 Å². The molecule has 11 heteroatoms. The van der Waals surface area contributed by atoms with E-state index in [1.807, 2.05) is 24.0 Å². The number of aliphatic carboxylic acids is 2. The van der Waals surface area contributed by atoms with E-state index in [-0.39, 0.29) is 12.8 Å². The number of rotatable bonds is 14. The summed E-state index contributed by atoms with van der Waals surface area (Å²) >= 11 is 0. The normalized spacial score (nSPS) is 13.5. The molecule has 0 fully saturated rings. The largest absolute Gasteiger partial charge is 0.481 e. The second-order valence-corrected chi connectivity index (χ2v) is 11.3. The number of hydrogen-bond donors (Lipinski definition) is 3. The molecular weight excluding hydrogens is 482 g/mol. The number of alkyl carbamates (subject to hydrolysis) is 1. The van der Waals surface area contributed by atoms with Crippen molar-refractivity contribution in [1.29, 1.82) is 0 Å². The number of amides is 1.